The summed E-state index contributed by atoms with van der Waals surface area (Å²) in [5.41, 5.74) is 0. The average molecular weight is 363 g/mol. The second-order valence-electron chi connectivity index (χ2n) is 7.07. The summed E-state index contributed by atoms with van der Waals surface area (Å²) >= 11 is 5.71. The van der Waals surface area contributed by atoms with Crippen molar-refractivity contribution in [2.75, 3.05) is 26.2 Å². The quantitative estimate of drug-likeness (QED) is 0.569. The van der Waals surface area contributed by atoms with E-state index in [0.29, 0.717) is 12.0 Å². The van der Waals surface area contributed by atoms with Crippen LogP contribution in [-0.2, 0) is 11.3 Å². The van der Waals surface area contributed by atoms with Gasteiger partial charge in [-0.05, 0) is 56.7 Å². The molecule has 1 saturated heterocycles. The third kappa shape index (κ3) is 6.12. The molecule has 1 aliphatic heterocycles. The zero-order valence-electron chi connectivity index (χ0n) is 15.0. The van der Waals surface area contributed by atoms with Crippen LogP contribution in [0.1, 0.15) is 38.5 Å². The Hall–Kier alpha value is -1.40. The van der Waals surface area contributed by atoms with Crippen LogP contribution >= 0.6 is 12.2 Å². The van der Waals surface area contributed by atoms with Gasteiger partial charge in [-0.2, -0.15) is 0 Å². The Bertz CT molecular complexity index is 540. The first-order valence-corrected chi connectivity index (χ1v) is 9.97. The molecular formula is C19H30N4OS. The van der Waals surface area contributed by atoms with Crippen LogP contribution in [-0.4, -0.2) is 51.9 Å². The maximum atomic E-state index is 5.71. The van der Waals surface area contributed by atoms with E-state index in [1.807, 2.05) is 18.7 Å². The van der Waals surface area contributed by atoms with Crippen LogP contribution < -0.4 is 5.32 Å². The monoisotopic (exact) mass is 362 g/mol. The lowest BCUT2D eigenvalue weighted by molar-refractivity contribution is 0.113. The average Bonchev–Trinajstić information content (AvgIpc) is 3.33. The van der Waals surface area contributed by atoms with Gasteiger partial charge in [-0.1, -0.05) is 12.2 Å². The van der Waals surface area contributed by atoms with Gasteiger partial charge in [0.15, 0.2) is 5.11 Å². The molecule has 2 unspecified atom stereocenters. The van der Waals surface area contributed by atoms with Crippen LogP contribution in [0.25, 0.3) is 0 Å². The molecule has 2 aliphatic rings. The highest BCUT2D eigenvalue weighted by Gasteiger charge is 2.19. The van der Waals surface area contributed by atoms with E-state index in [1.54, 1.807) is 0 Å². The van der Waals surface area contributed by atoms with Gasteiger partial charge in [0.2, 0.25) is 0 Å². The van der Waals surface area contributed by atoms with Crippen LogP contribution in [0.4, 0.5) is 0 Å². The summed E-state index contributed by atoms with van der Waals surface area (Å²) in [7, 11) is 0. The Morgan fingerprint density at radius 1 is 1.36 bits per heavy atom. The third-order valence-electron chi connectivity index (χ3n) is 5.05. The summed E-state index contributed by atoms with van der Waals surface area (Å²) in [5, 5.41) is 4.34. The summed E-state index contributed by atoms with van der Waals surface area (Å²) in [4.78, 5) is 6.48. The molecule has 0 spiro atoms. The number of nitrogens with zero attached hydrogens (tertiary/aromatic N) is 3. The number of allylic oxidation sites excluding steroid dienone is 2. The van der Waals surface area contributed by atoms with E-state index in [2.05, 4.69) is 31.9 Å². The third-order valence-corrected chi connectivity index (χ3v) is 5.45. The Balaban J connectivity index is 1.48. The zero-order chi connectivity index (χ0) is 17.3. The lowest BCUT2D eigenvalue weighted by atomic mass is 9.94. The predicted molar refractivity (Wildman–Crippen MR) is 104 cm³/mol. The first-order valence-electron chi connectivity index (χ1n) is 9.56. The molecule has 6 heteroatoms. The molecular weight excluding hydrogens is 332 g/mol. The molecule has 0 amide bonds. The Morgan fingerprint density at radius 2 is 2.32 bits per heavy atom. The number of hydrogen-bond donors (Lipinski definition) is 1. The number of ether oxygens (including phenoxy) is 1. The Labute approximate surface area is 156 Å². The molecule has 0 bridgehead atoms. The minimum absolute atomic E-state index is 0.323. The fourth-order valence-electron chi connectivity index (χ4n) is 3.59. The Morgan fingerprint density at radius 3 is 3.04 bits per heavy atom. The van der Waals surface area contributed by atoms with Gasteiger partial charge < -0.3 is 19.5 Å². The number of imidazole rings is 1. The van der Waals surface area contributed by atoms with Crippen LogP contribution in [0.3, 0.4) is 0 Å². The van der Waals surface area contributed by atoms with Crippen LogP contribution in [0.2, 0.25) is 0 Å². The highest BCUT2D eigenvalue weighted by Crippen LogP contribution is 2.20. The van der Waals surface area contributed by atoms with Crippen molar-refractivity contribution in [3.05, 3.63) is 30.9 Å². The second-order valence-corrected chi connectivity index (χ2v) is 7.46. The molecule has 0 saturated carbocycles. The van der Waals surface area contributed by atoms with Gasteiger partial charge >= 0.3 is 0 Å². The second kappa shape index (κ2) is 9.92. The SMILES string of the molecule is S=C(NCC1CCCO1)N(CCCn1ccnc1)CC1CC=CCC1. The van der Waals surface area contributed by atoms with Crippen molar-refractivity contribution in [2.45, 2.75) is 51.2 Å². The first-order chi connectivity index (χ1) is 12.3. The van der Waals surface area contributed by atoms with Crippen molar-refractivity contribution in [2.24, 2.45) is 5.92 Å². The molecule has 3 rings (SSSR count). The summed E-state index contributed by atoms with van der Waals surface area (Å²) in [6.45, 7) is 4.74. The van der Waals surface area contributed by atoms with Gasteiger partial charge in [0.05, 0.1) is 12.4 Å². The number of aromatic nitrogens is 2. The molecule has 1 N–H and O–H groups in total. The minimum Gasteiger partial charge on any atom is -0.376 e. The fraction of sp³-hybridized carbons (Fsp3) is 0.684. The van der Waals surface area contributed by atoms with Crippen molar-refractivity contribution in [3.8, 4) is 0 Å². The van der Waals surface area contributed by atoms with Gasteiger partial charge in [0, 0.05) is 45.2 Å². The topological polar surface area (TPSA) is 42.3 Å². The van der Waals surface area contributed by atoms with Crippen molar-refractivity contribution >= 4 is 17.3 Å². The standard InChI is InChI=1S/C19H30N4OS/c25-19(21-14-18-8-4-13-24-18)23(15-17-6-2-1-3-7-17)11-5-10-22-12-9-20-16-22/h1-2,9,12,16-18H,3-8,10-11,13-15H2,(H,21,25). The van der Waals surface area contributed by atoms with Crippen LogP contribution in [0.15, 0.2) is 30.9 Å². The summed E-state index contributed by atoms with van der Waals surface area (Å²) in [6.07, 6.45) is 17.7. The maximum absolute atomic E-state index is 5.71. The molecule has 5 nitrogen and oxygen atoms in total. The van der Waals surface area contributed by atoms with Crippen molar-refractivity contribution in [3.63, 3.8) is 0 Å². The summed E-state index contributed by atoms with van der Waals surface area (Å²) in [5.74, 6) is 0.709. The molecule has 1 aliphatic carbocycles. The van der Waals surface area contributed by atoms with E-state index in [9.17, 15) is 0 Å². The molecule has 1 aromatic heterocycles. The van der Waals surface area contributed by atoms with E-state index in [0.717, 1.165) is 50.7 Å². The van der Waals surface area contributed by atoms with Crippen LogP contribution in [0.5, 0.6) is 0 Å². The fourth-order valence-corrected chi connectivity index (χ4v) is 3.84. The van der Waals surface area contributed by atoms with E-state index in [4.69, 9.17) is 17.0 Å². The normalized spacial score (nSPS) is 22.9. The van der Waals surface area contributed by atoms with Gasteiger partial charge in [0.25, 0.3) is 0 Å². The number of hydrogen-bond acceptors (Lipinski definition) is 3. The lowest BCUT2D eigenvalue weighted by Gasteiger charge is -2.31. The molecule has 2 atom stereocenters. The highest BCUT2D eigenvalue weighted by atomic mass is 32.1. The van der Waals surface area contributed by atoms with E-state index in [-0.39, 0.29) is 0 Å². The van der Waals surface area contributed by atoms with Gasteiger partial charge in [-0.25, -0.2) is 4.98 Å². The smallest absolute Gasteiger partial charge is 0.169 e. The molecule has 1 fully saturated rings. The predicted octanol–water partition coefficient (Wildman–Crippen LogP) is 2.99. The molecule has 1 aromatic rings. The largest absolute Gasteiger partial charge is 0.376 e. The van der Waals surface area contributed by atoms with Gasteiger partial charge in [-0.3, -0.25) is 0 Å². The molecule has 25 heavy (non-hydrogen) atoms. The lowest BCUT2D eigenvalue weighted by Crippen LogP contribution is -2.45. The van der Waals surface area contributed by atoms with Gasteiger partial charge in [-0.15, -0.1) is 0 Å². The highest BCUT2D eigenvalue weighted by molar-refractivity contribution is 7.80. The number of rotatable bonds is 8. The first kappa shape index (κ1) is 18.4. The number of aryl methyl sites for hydroxylation is 1. The Kier molecular flexibility index (Phi) is 7.30. The molecule has 138 valence electrons. The summed E-state index contributed by atoms with van der Waals surface area (Å²) < 4.78 is 7.83. The van der Waals surface area contributed by atoms with E-state index >= 15 is 0 Å². The van der Waals surface area contributed by atoms with Crippen LogP contribution in [0, 0.1) is 5.92 Å². The van der Waals surface area contributed by atoms with Crippen molar-refractivity contribution < 1.29 is 4.74 Å². The number of nitrogens with one attached hydrogen (secondary N) is 1. The number of thiocarbonyl (C=S) groups is 1. The van der Waals surface area contributed by atoms with E-state index in [1.165, 1.54) is 25.7 Å². The zero-order valence-corrected chi connectivity index (χ0v) is 15.8. The van der Waals surface area contributed by atoms with Crippen molar-refractivity contribution in [1.82, 2.24) is 19.8 Å². The van der Waals surface area contributed by atoms with Crippen molar-refractivity contribution in [1.29, 1.82) is 0 Å². The maximum Gasteiger partial charge on any atom is 0.169 e. The summed E-state index contributed by atoms with van der Waals surface area (Å²) in [6, 6.07) is 0. The molecule has 0 radical (unpaired) electrons. The van der Waals surface area contributed by atoms with Gasteiger partial charge in [0.1, 0.15) is 0 Å². The molecule has 0 aromatic carbocycles. The van der Waals surface area contributed by atoms with E-state index < -0.39 is 0 Å². The molecule has 2 heterocycles. The minimum atomic E-state index is 0.323.